The fourth-order valence-corrected chi connectivity index (χ4v) is 3.76. The van der Waals surface area contributed by atoms with Gasteiger partial charge in [-0.1, -0.05) is 6.07 Å². The lowest BCUT2D eigenvalue weighted by molar-refractivity contribution is -0.137. The second-order valence-electron chi connectivity index (χ2n) is 9.06. The summed E-state index contributed by atoms with van der Waals surface area (Å²) >= 11 is 0. The number of hydrogen-bond acceptors (Lipinski definition) is 3. The minimum Gasteiger partial charge on any atom is -0.490 e. The highest BCUT2D eigenvalue weighted by atomic mass is 19.4. The Hall–Kier alpha value is -3.16. The van der Waals surface area contributed by atoms with Gasteiger partial charge < -0.3 is 14.5 Å². The molecule has 2 aromatic carbocycles. The van der Waals surface area contributed by atoms with Gasteiger partial charge in [0.25, 0.3) is 0 Å². The Balaban J connectivity index is 1.38. The fraction of sp³-hybridized carbons (Fsp3) is 0.375. The van der Waals surface area contributed by atoms with Crippen molar-refractivity contribution < 1.29 is 27.4 Å². The van der Waals surface area contributed by atoms with Crippen molar-refractivity contribution in [1.82, 2.24) is 4.98 Å². The molecule has 1 heterocycles. The summed E-state index contributed by atoms with van der Waals surface area (Å²) in [6, 6.07) is 10.8. The molecule has 1 aromatic heterocycles. The number of H-pyrrole nitrogens is 1. The van der Waals surface area contributed by atoms with Crippen molar-refractivity contribution >= 4 is 22.7 Å². The first-order valence-electron chi connectivity index (χ1n) is 10.4. The third kappa shape index (κ3) is 5.00. The van der Waals surface area contributed by atoms with Gasteiger partial charge in [0.05, 0.1) is 17.4 Å². The highest BCUT2D eigenvalue weighted by Gasteiger charge is 2.33. The highest BCUT2D eigenvalue weighted by Crippen LogP contribution is 2.41. The number of aromatic nitrogens is 1. The molecule has 0 aliphatic heterocycles. The van der Waals surface area contributed by atoms with E-state index in [0.29, 0.717) is 11.4 Å². The summed E-state index contributed by atoms with van der Waals surface area (Å²) in [5.41, 5.74) is 1.39. The van der Waals surface area contributed by atoms with E-state index in [0.717, 1.165) is 41.4 Å². The second-order valence-corrected chi connectivity index (χ2v) is 9.06. The summed E-state index contributed by atoms with van der Waals surface area (Å²) in [7, 11) is 0. The monoisotopic (exact) mass is 446 g/mol. The van der Waals surface area contributed by atoms with Crippen LogP contribution in [0.15, 0.2) is 48.7 Å². The van der Waals surface area contributed by atoms with E-state index in [1.54, 1.807) is 27.0 Å². The van der Waals surface area contributed by atoms with Crippen LogP contribution in [0.3, 0.4) is 0 Å². The maximum Gasteiger partial charge on any atom is 0.416 e. The molecular weight excluding hydrogens is 421 g/mol. The van der Waals surface area contributed by atoms with Gasteiger partial charge in [-0.3, -0.25) is 5.32 Å². The molecule has 4 rings (SSSR count). The van der Waals surface area contributed by atoms with Gasteiger partial charge in [-0.05, 0) is 81.5 Å². The molecule has 1 amide bonds. The molecule has 0 bridgehead atoms. The van der Waals surface area contributed by atoms with Crippen molar-refractivity contribution in [3.8, 4) is 5.75 Å². The van der Waals surface area contributed by atoms with E-state index in [-0.39, 0.29) is 12.0 Å². The van der Waals surface area contributed by atoms with Crippen molar-refractivity contribution in [2.45, 2.75) is 57.4 Å². The second kappa shape index (κ2) is 8.07. The van der Waals surface area contributed by atoms with Gasteiger partial charge in [-0.25, -0.2) is 4.79 Å². The third-order valence-corrected chi connectivity index (χ3v) is 5.39. The Morgan fingerprint density at radius 1 is 1.06 bits per heavy atom. The van der Waals surface area contributed by atoms with Gasteiger partial charge in [0, 0.05) is 17.1 Å². The number of aromatic amines is 1. The van der Waals surface area contributed by atoms with E-state index >= 15 is 0 Å². The summed E-state index contributed by atoms with van der Waals surface area (Å²) < 4.78 is 49.2. The molecule has 0 saturated heterocycles. The minimum atomic E-state index is -4.35. The van der Waals surface area contributed by atoms with Crippen LogP contribution in [0.25, 0.3) is 10.9 Å². The topological polar surface area (TPSA) is 63.3 Å². The van der Waals surface area contributed by atoms with E-state index in [4.69, 9.17) is 9.47 Å². The number of ether oxygens (including phenoxy) is 2. The molecule has 1 aliphatic rings. The van der Waals surface area contributed by atoms with E-state index in [1.807, 2.05) is 18.2 Å². The largest absolute Gasteiger partial charge is 0.490 e. The van der Waals surface area contributed by atoms with Crippen LogP contribution in [0.4, 0.5) is 23.7 Å². The first-order valence-corrected chi connectivity index (χ1v) is 10.4. The summed E-state index contributed by atoms with van der Waals surface area (Å²) in [6.07, 6.45) is -1.64. The molecule has 2 N–H and O–H groups in total. The Morgan fingerprint density at radius 2 is 1.75 bits per heavy atom. The van der Waals surface area contributed by atoms with Crippen LogP contribution in [-0.4, -0.2) is 22.8 Å². The number of hydrogen-bond donors (Lipinski definition) is 2. The lowest BCUT2D eigenvalue weighted by Gasteiger charge is -2.35. The molecule has 3 aromatic rings. The number of alkyl halides is 3. The van der Waals surface area contributed by atoms with E-state index < -0.39 is 23.4 Å². The van der Waals surface area contributed by atoms with Crippen molar-refractivity contribution in [2.75, 3.05) is 5.32 Å². The predicted molar refractivity (Wildman–Crippen MR) is 116 cm³/mol. The van der Waals surface area contributed by atoms with Gasteiger partial charge in [-0.2, -0.15) is 13.2 Å². The van der Waals surface area contributed by atoms with E-state index in [1.165, 1.54) is 12.1 Å². The maximum atomic E-state index is 12.7. The molecule has 5 nitrogen and oxygen atoms in total. The van der Waals surface area contributed by atoms with E-state index in [2.05, 4.69) is 10.3 Å². The maximum absolute atomic E-state index is 12.7. The zero-order chi connectivity index (χ0) is 23.1. The molecule has 1 saturated carbocycles. The van der Waals surface area contributed by atoms with Gasteiger partial charge in [0.15, 0.2) is 0 Å². The number of amides is 1. The molecule has 170 valence electrons. The van der Waals surface area contributed by atoms with Crippen LogP contribution in [0, 0.1) is 0 Å². The first kappa shape index (κ1) is 22.0. The first-order chi connectivity index (χ1) is 15.0. The number of benzene rings is 2. The molecular formula is C24H25F3N2O3. The standard InChI is InChI=1S/C24H25F3N2O3/c1-23(2,3)32-22(30)29-21-13-28-20-9-4-14(12-19(20)21)15-10-18(11-15)31-17-7-5-16(6-8-17)24(25,26)27/h4-9,12-13,15,18,28H,10-11H2,1-3H3,(H,29,30). The Morgan fingerprint density at radius 3 is 2.38 bits per heavy atom. The molecule has 0 spiro atoms. The van der Waals surface area contributed by atoms with Crippen LogP contribution in [0.2, 0.25) is 0 Å². The fourth-order valence-electron chi connectivity index (χ4n) is 3.76. The molecule has 0 radical (unpaired) electrons. The lowest BCUT2D eigenvalue weighted by atomic mass is 9.77. The van der Waals surface area contributed by atoms with Gasteiger partial charge in [0.1, 0.15) is 11.4 Å². The van der Waals surface area contributed by atoms with Crippen LogP contribution in [0.1, 0.15) is 50.7 Å². The molecule has 1 fully saturated rings. The Kier molecular flexibility index (Phi) is 5.56. The average Bonchev–Trinajstić information content (AvgIpc) is 3.04. The quantitative estimate of drug-likeness (QED) is 0.460. The highest BCUT2D eigenvalue weighted by molar-refractivity contribution is 5.99. The smallest absolute Gasteiger partial charge is 0.416 e. The van der Waals surface area contributed by atoms with Gasteiger partial charge >= 0.3 is 12.3 Å². The van der Waals surface area contributed by atoms with Crippen LogP contribution >= 0.6 is 0 Å². The zero-order valence-corrected chi connectivity index (χ0v) is 18.0. The molecule has 8 heteroatoms. The zero-order valence-electron chi connectivity index (χ0n) is 18.0. The summed E-state index contributed by atoms with van der Waals surface area (Å²) in [5, 5.41) is 3.67. The van der Waals surface area contributed by atoms with Crippen LogP contribution in [0.5, 0.6) is 5.75 Å². The Bertz CT molecular complexity index is 1110. The summed E-state index contributed by atoms with van der Waals surface area (Å²) in [4.78, 5) is 15.3. The number of anilines is 1. The van der Waals surface area contributed by atoms with Crippen molar-refractivity contribution in [3.63, 3.8) is 0 Å². The van der Waals surface area contributed by atoms with Crippen LogP contribution in [-0.2, 0) is 10.9 Å². The van der Waals surface area contributed by atoms with Crippen LogP contribution < -0.4 is 10.1 Å². The number of carbonyl (C=O) groups excluding carboxylic acids is 1. The SMILES string of the molecule is CC(C)(C)OC(=O)Nc1c[nH]c2ccc(C3CC(Oc4ccc(C(F)(F)F)cc4)C3)cc12. The lowest BCUT2D eigenvalue weighted by Crippen LogP contribution is -2.32. The van der Waals surface area contributed by atoms with Crippen molar-refractivity contribution in [3.05, 3.63) is 59.8 Å². The summed E-state index contributed by atoms with van der Waals surface area (Å²) in [5.74, 6) is 0.717. The van der Waals surface area contributed by atoms with E-state index in [9.17, 15) is 18.0 Å². The molecule has 0 atom stereocenters. The van der Waals surface area contributed by atoms with Gasteiger partial charge in [0.2, 0.25) is 0 Å². The molecule has 32 heavy (non-hydrogen) atoms. The average molecular weight is 446 g/mol. The normalized spacial score (nSPS) is 18.8. The van der Waals surface area contributed by atoms with Gasteiger partial charge in [-0.15, -0.1) is 0 Å². The molecule has 1 aliphatic carbocycles. The number of fused-ring (bicyclic) bond motifs is 1. The Labute approximate surface area is 183 Å². The third-order valence-electron chi connectivity index (χ3n) is 5.39. The number of halogens is 3. The van der Waals surface area contributed by atoms with Crippen molar-refractivity contribution in [2.24, 2.45) is 0 Å². The number of nitrogens with one attached hydrogen (secondary N) is 2. The predicted octanol–water partition coefficient (Wildman–Crippen LogP) is 6.86. The summed E-state index contributed by atoms with van der Waals surface area (Å²) in [6.45, 7) is 5.42. The minimum absolute atomic E-state index is 0.0435. The number of carbonyl (C=O) groups is 1. The van der Waals surface area contributed by atoms with Crippen molar-refractivity contribution in [1.29, 1.82) is 0 Å². The number of rotatable bonds is 4. The molecule has 0 unspecified atom stereocenters.